The Kier molecular flexibility index (Phi) is 4.77. The van der Waals surface area contributed by atoms with E-state index in [9.17, 15) is 24.9 Å². The van der Waals surface area contributed by atoms with Crippen LogP contribution in [0.4, 0.5) is 0 Å². The Bertz CT molecular complexity index is 856. The summed E-state index contributed by atoms with van der Waals surface area (Å²) >= 11 is 0. The van der Waals surface area contributed by atoms with Gasteiger partial charge < -0.3 is 20.2 Å². The number of rotatable bonds is 4. The Morgan fingerprint density at radius 2 is 1.69 bits per heavy atom. The van der Waals surface area contributed by atoms with Crippen molar-refractivity contribution in [3.8, 4) is 5.75 Å². The first-order chi connectivity index (χ1) is 12.4. The van der Waals surface area contributed by atoms with Crippen molar-refractivity contribution in [2.24, 2.45) is 0 Å². The lowest BCUT2D eigenvalue weighted by Crippen LogP contribution is -2.35. The number of carbonyl (C=O) groups is 2. The summed E-state index contributed by atoms with van der Waals surface area (Å²) in [4.78, 5) is 26.4. The van der Waals surface area contributed by atoms with Crippen LogP contribution in [0.25, 0.3) is 5.76 Å². The summed E-state index contributed by atoms with van der Waals surface area (Å²) in [6.45, 7) is 1.46. The first kappa shape index (κ1) is 17.7. The van der Waals surface area contributed by atoms with Gasteiger partial charge >= 0.3 is 0 Å². The number of amides is 1. The summed E-state index contributed by atoms with van der Waals surface area (Å²) in [5, 5.41) is 30.0. The average Bonchev–Trinajstić information content (AvgIpc) is 2.87. The maximum absolute atomic E-state index is 12.6. The zero-order valence-electron chi connectivity index (χ0n) is 14.2. The number of ketones is 1. The van der Waals surface area contributed by atoms with Crippen LogP contribution in [0.15, 0.2) is 60.2 Å². The molecule has 2 atom stereocenters. The zero-order chi connectivity index (χ0) is 18.8. The molecule has 2 aromatic rings. The molecule has 26 heavy (non-hydrogen) atoms. The number of aliphatic hydroxyl groups excluding tert-OH is 2. The second kappa shape index (κ2) is 7.01. The Hall–Kier alpha value is -3.12. The second-order valence-corrected chi connectivity index (χ2v) is 6.26. The van der Waals surface area contributed by atoms with E-state index in [-0.39, 0.29) is 23.6 Å². The molecule has 3 N–H and O–H groups in total. The maximum Gasteiger partial charge on any atom is 0.295 e. The molecule has 0 aromatic heterocycles. The lowest BCUT2D eigenvalue weighted by Gasteiger charge is -2.26. The summed E-state index contributed by atoms with van der Waals surface area (Å²) < 4.78 is 0. The first-order valence-corrected chi connectivity index (χ1v) is 8.21. The van der Waals surface area contributed by atoms with Crippen LogP contribution in [0.5, 0.6) is 5.75 Å². The Labute approximate surface area is 150 Å². The number of phenolic OH excluding ortho intramolecular Hbond substituents is 1. The SMILES string of the molecule is CC(O)CN1C(=O)C(=O)/C(=C(/O)c2ccccc2)C1c1ccc(O)cc1. The van der Waals surface area contributed by atoms with Gasteiger partial charge in [0.2, 0.25) is 0 Å². The van der Waals surface area contributed by atoms with Gasteiger partial charge in [0.05, 0.1) is 17.7 Å². The quantitative estimate of drug-likeness (QED) is 0.445. The Balaban J connectivity index is 2.18. The van der Waals surface area contributed by atoms with Gasteiger partial charge in [0, 0.05) is 12.1 Å². The molecule has 0 spiro atoms. The van der Waals surface area contributed by atoms with E-state index in [1.807, 2.05) is 0 Å². The molecule has 6 nitrogen and oxygen atoms in total. The van der Waals surface area contributed by atoms with E-state index in [4.69, 9.17) is 0 Å². The van der Waals surface area contributed by atoms with Gasteiger partial charge in [0.1, 0.15) is 11.5 Å². The predicted octanol–water partition coefficient (Wildman–Crippen LogP) is 2.19. The van der Waals surface area contributed by atoms with E-state index in [1.165, 1.54) is 24.0 Å². The second-order valence-electron chi connectivity index (χ2n) is 6.26. The summed E-state index contributed by atoms with van der Waals surface area (Å²) in [5.41, 5.74) is 0.944. The van der Waals surface area contributed by atoms with Gasteiger partial charge in [-0.05, 0) is 24.6 Å². The molecule has 2 unspecified atom stereocenters. The number of hydrogen-bond donors (Lipinski definition) is 3. The van der Waals surface area contributed by atoms with Crippen LogP contribution in [0.3, 0.4) is 0 Å². The lowest BCUT2D eigenvalue weighted by atomic mass is 9.95. The van der Waals surface area contributed by atoms with Crippen molar-refractivity contribution in [1.29, 1.82) is 0 Å². The molecule has 1 fully saturated rings. The van der Waals surface area contributed by atoms with Crippen molar-refractivity contribution >= 4 is 17.4 Å². The van der Waals surface area contributed by atoms with Crippen molar-refractivity contribution in [1.82, 2.24) is 4.90 Å². The molecule has 1 amide bonds. The van der Waals surface area contributed by atoms with Gasteiger partial charge in [-0.3, -0.25) is 9.59 Å². The van der Waals surface area contributed by atoms with E-state index in [2.05, 4.69) is 0 Å². The van der Waals surface area contributed by atoms with E-state index >= 15 is 0 Å². The fourth-order valence-corrected chi connectivity index (χ4v) is 3.11. The van der Waals surface area contributed by atoms with Crippen LogP contribution in [0.1, 0.15) is 24.1 Å². The van der Waals surface area contributed by atoms with Gasteiger partial charge in [-0.1, -0.05) is 42.5 Å². The molecule has 2 aromatic carbocycles. The number of phenols is 1. The molecule has 134 valence electrons. The summed E-state index contributed by atoms with van der Waals surface area (Å²) in [6.07, 6.45) is -0.843. The summed E-state index contributed by atoms with van der Waals surface area (Å²) in [7, 11) is 0. The minimum Gasteiger partial charge on any atom is -0.508 e. The van der Waals surface area contributed by atoms with Crippen molar-refractivity contribution < 1.29 is 24.9 Å². The fraction of sp³-hybridized carbons (Fsp3) is 0.200. The third-order valence-corrected chi connectivity index (χ3v) is 4.26. The number of aliphatic hydroxyl groups is 2. The number of Topliss-reactive ketones (excluding diaryl/α,β-unsaturated/α-hetero) is 1. The molecule has 0 radical (unpaired) electrons. The third kappa shape index (κ3) is 3.19. The topological polar surface area (TPSA) is 98.1 Å². The smallest absolute Gasteiger partial charge is 0.295 e. The van der Waals surface area contributed by atoms with Crippen LogP contribution < -0.4 is 0 Å². The number of nitrogens with zero attached hydrogens (tertiary/aromatic N) is 1. The summed E-state index contributed by atoms with van der Waals surface area (Å²) in [5.74, 6) is -1.80. The summed E-state index contributed by atoms with van der Waals surface area (Å²) in [6, 6.07) is 13.7. The highest BCUT2D eigenvalue weighted by molar-refractivity contribution is 6.46. The standard InChI is InChI=1S/C20H19NO5/c1-12(22)11-21-17(13-7-9-15(23)10-8-13)16(19(25)20(21)26)18(24)14-5-3-2-4-6-14/h2-10,12,17,22-24H,11H2,1H3/b18-16+. The fourth-order valence-electron chi connectivity index (χ4n) is 3.11. The Morgan fingerprint density at radius 3 is 2.27 bits per heavy atom. The normalized spacial score (nSPS) is 20.4. The molecular weight excluding hydrogens is 334 g/mol. The Morgan fingerprint density at radius 1 is 1.08 bits per heavy atom. The van der Waals surface area contributed by atoms with Crippen LogP contribution in [0.2, 0.25) is 0 Å². The minimum atomic E-state index is -0.843. The van der Waals surface area contributed by atoms with Crippen molar-refractivity contribution in [3.05, 3.63) is 71.3 Å². The molecular formula is C20H19NO5. The van der Waals surface area contributed by atoms with Crippen molar-refractivity contribution in [3.63, 3.8) is 0 Å². The molecule has 0 aliphatic carbocycles. The number of likely N-dealkylation sites (tertiary alicyclic amines) is 1. The molecule has 1 aliphatic rings. The van der Waals surface area contributed by atoms with Gasteiger partial charge in [-0.15, -0.1) is 0 Å². The maximum atomic E-state index is 12.6. The molecule has 0 saturated carbocycles. The van der Waals surface area contributed by atoms with Gasteiger partial charge in [0.15, 0.2) is 0 Å². The number of hydrogen-bond acceptors (Lipinski definition) is 5. The minimum absolute atomic E-state index is 0.0347. The van der Waals surface area contributed by atoms with Gasteiger partial charge in [0.25, 0.3) is 11.7 Å². The molecule has 0 bridgehead atoms. The monoisotopic (exact) mass is 353 g/mol. The van der Waals surface area contributed by atoms with E-state index in [0.29, 0.717) is 11.1 Å². The molecule has 1 saturated heterocycles. The van der Waals surface area contributed by atoms with E-state index < -0.39 is 23.8 Å². The van der Waals surface area contributed by atoms with Crippen LogP contribution >= 0.6 is 0 Å². The van der Waals surface area contributed by atoms with Crippen LogP contribution in [-0.2, 0) is 9.59 Å². The lowest BCUT2D eigenvalue weighted by molar-refractivity contribution is -0.140. The number of β-amino-alcohol motifs (C(OH)–C–C–N with tert-alkyl or cyclic N) is 1. The predicted molar refractivity (Wildman–Crippen MR) is 95.2 cm³/mol. The molecule has 1 heterocycles. The van der Waals surface area contributed by atoms with Crippen LogP contribution in [-0.4, -0.2) is 44.6 Å². The van der Waals surface area contributed by atoms with Gasteiger partial charge in [-0.2, -0.15) is 0 Å². The molecule has 1 aliphatic heterocycles. The van der Waals surface area contributed by atoms with E-state index in [0.717, 1.165) is 0 Å². The molecule has 3 rings (SSSR count). The number of benzene rings is 2. The highest BCUT2D eigenvalue weighted by Gasteiger charge is 2.46. The molecule has 6 heteroatoms. The highest BCUT2D eigenvalue weighted by Crippen LogP contribution is 2.39. The number of aromatic hydroxyl groups is 1. The number of carbonyl (C=O) groups excluding carboxylic acids is 2. The van der Waals surface area contributed by atoms with Crippen molar-refractivity contribution in [2.75, 3.05) is 6.54 Å². The van der Waals surface area contributed by atoms with E-state index in [1.54, 1.807) is 42.5 Å². The van der Waals surface area contributed by atoms with Gasteiger partial charge in [-0.25, -0.2) is 0 Å². The van der Waals surface area contributed by atoms with Crippen LogP contribution in [0, 0.1) is 0 Å². The highest BCUT2D eigenvalue weighted by atomic mass is 16.3. The zero-order valence-corrected chi connectivity index (χ0v) is 14.2. The first-order valence-electron chi connectivity index (χ1n) is 8.21. The largest absolute Gasteiger partial charge is 0.508 e. The van der Waals surface area contributed by atoms with Crippen molar-refractivity contribution in [2.45, 2.75) is 19.1 Å². The average molecular weight is 353 g/mol. The third-order valence-electron chi connectivity index (χ3n) is 4.26.